The van der Waals surface area contributed by atoms with Crippen molar-refractivity contribution < 1.29 is 13.9 Å². The van der Waals surface area contributed by atoms with Crippen molar-refractivity contribution >= 4 is 6.29 Å². The Kier molecular flexibility index (Phi) is 3.14. The van der Waals surface area contributed by atoms with E-state index in [4.69, 9.17) is 4.74 Å². The lowest BCUT2D eigenvalue weighted by Crippen LogP contribution is -1.96. The van der Waals surface area contributed by atoms with Crippen LogP contribution in [0, 0.1) is 5.82 Å². The van der Waals surface area contributed by atoms with Gasteiger partial charge in [-0.3, -0.25) is 4.79 Å². The third-order valence-corrected chi connectivity index (χ3v) is 2.36. The van der Waals surface area contributed by atoms with E-state index < -0.39 is 0 Å². The predicted octanol–water partition coefficient (Wildman–Crippen LogP) is 2.71. The summed E-state index contributed by atoms with van der Waals surface area (Å²) in [7, 11) is 1.43. The van der Waals surface area contributed by atoms with Crippen LogP contribution in [0.5, 0.6) is 5.88 Å². The summed E-state index contributed by atoms with van der Waals surface area (Å²) in [6, 6.07) is 9.48. The molecule has 2 rings (SSSR count). The lowest BCUT2D eigenvalue weighted by atomic mass is 10.1. The van der Waals surface area contributed by atoms with Gasteiger partial charge in [0.05, 0.1) is 7.11 Å². The van der Waals surface area contributed by atoms with Crippen LogP contribution in [0.15, 0.2) is 36.4 Å². The maximum atomic E-state index is 13.6. The van der Waals surface area contributed by atoms with Gasteiger partial charge >= 0.3 is 0 Å². The number of aldehydes is 1. The third-order valence-electron chi connectivity index (χ3n) is 2.36. The summed E-state index contributed by atoms with van der Waals surface area (Å²) in [6.45, 7) is 0. The molecule has 17 heavy (non-hydrogen) atoms. The predicted molar refractivity (Wildman–Crippen MR) is 61.6 cm³/mol. The van der Waals surface area contributed by atoms with Crippen LogP contribution >= 0.6 is 0 Å². The molecule has 0 fully saturated rings. The zero-order valence-electron chi connectivity index (χ0n) is 9.18. The molecule has 2 aromatic rings. The molecular weight excluding hydrogens is 221 g/mol. The van der Waals surface area contributed by atoms with E-state index in [9.17, 15) is 9.18 Å². The van der Waals surface area contributed by atoms with Crippen LogP contribution in [0.1, 0.15) is 10.5 Å². The third kappa shape index (κ3) is 2.15. The van der Waals surface area contributed by atoms with E-state index in [-0.39, 0.29) is 17.4 Å². The Morgan fingerprint density at radius 1 is 1.18 bits per heavy atom. The largest absolute Gasteiger partial charge is 0.481 e. The van der Waals surface area contributed by atoms with Crippen LogP contribution in [0.3, 0.4) is 0 Å². The van der Waals surface area contributed by atoms with Crippen molar-refractivity contribution in [3.63, 3.8) is 0 Å². The molecule has 86 valence electrons. The molecule has 0 aliphatic rings. The van der Waals surface area contributed by atoms with Gasteiger partial charge in [-0.2, -0.15) is 0 Å². The van der Waals surface area contributed by atoms with Crippen molar-refractivity contribution in [2.24, 2.45) is 0 Å². The SMILES string of the molecule is COc1nc(C=O)ccc1-c1ccccc1F. The fourth-order valence-electron chi connectivity index (χ4n) is 1.56. The molecule has 1 heterocycles. The molecule has 0 saturated carbocycles. The minimum Gasteiger partial charge on any atom is -0.481 e. The number of methoxy groups -OCH3 is 1. The van der Waals surface area contributed by atoms with Crippen molar-refractivity contribution in [2.45, 2.75) is 0 Å². The van der Waals surface area contributed by atoms with Gasteiger partial charge in [-0.05, 0) is 18.2 Å². The highest BCUT2D eigenvalue weighted by Gasteiger charge is 2.11. The second-order valence-electron chi connectivity index (χ2n) is 3.39. The van der Waals surface area contributed by atoms with Gasteiger partial charge in [-0.25, -0.2) is 9.37 Å². The van der Waals surface area contributed by atoms with Gasteiger partial charge in [-0.1, -0.05) is 18.2 Å². The summed E-state index contributed by atoms with van der Waals surface area (Å²) in [4.78, 5) is 14.6. The van der Waals surface area contributed by atoms with E-state index in [1.54, 1.807) is 24.3 Å². The maximum Gasteiger partial charge on any atom is 0.221 e. The monoisotopic (exact) mass is 231 g/mol. The molecule has 0 bridgehead atoms. The summed E-state index contributed by atoms with van der Waals surface area (Å²) >= 11 is 0. The number of carbonyl (C=O) groups excluding carboxylic acids is 1. The second-order valence-corrected chi connectivity index (χ2v) is 3.39. The van der Waals surface area contributed by atoms with Crippen molar-refractivity contribution in [1.29, 1.82) is 0 Å². The Morgan fingerprint density at radius 3 is 2.59 bits per heavy atom. The molecule has 0 saturated heterocycles. The van der Waals surface area contributed by atoms with Gasteiger partial charge in [-0.15, -0.1) is 0 Å². The van der Waals surface area contributed by atoms with Gasteiger partial charge in [0.1, 0.15) is 11.5 Å². The number of halogens is 1. The summed E-state index contributed by atoms with van der Waals surface area (Å²) in [5.41, 5.74) is 1.17. The molecule has 1 aromatic carbocycles. The molecule has 0 amide bonds. The Morgan fingerprint density at radius 2 is 1.94 bits per heavy atom. The van der Waals surface area contributed by atoms with E-state index in [0.29, 0.717) is 17.4 Å². The molecule has 4 heteroatoms. The first-order valence-electron chi connectivity index (χ1n) is 5.01. The number of carbonyl (C=O) groups is 1. The lowest BCUT2D eigenvalue weighted by Gasteiger charge is -2.08. The van der Waals surface area contributed by atoms with E-state index >= 15 is 0 Å². The Labute approximate surface area is 97.9 Å². The van der Waals surface area contributed by atoms with Crippen LogP contribution in [0.25, 0.3) is 11.1 Å². The van der Waals surface area contributed by atoms with E-state index in [1.807, 2.05) is 0 Å². The number of nitrogens with zero attached hydrogens (tertiary/aromatic N) is 1. The summed E-state index contributed by atoms with van der Waals surface area (Å²) in [5.74, 6) is -0.119. The topological polar surface area (TPSA) is 39.2 Å². The Bertz CT molecular complexity index is 555. The molecule has 0 aliphatic heterocycles. The van der Waals surface area contributed by atoms with Crippen LogP contribution in [-0.4, -0.2) is 18.4 Å². The van der Waals surface area contributed by atoms with E-state index in [1.165, 1.54) is 19.2 Å². The van der Waals surface area contributed by atoms with Gasteiger partial charge < -0.3 is 4.74 Å². The smallest absolute Gasteiger partial charge is 0.221 e. The number of ether oxygens (including phenoxy) is 1. The highest BCUT2D eigenvalue weighted by molar-refractivity contribution is 5.76. The van der Waals surface area contributed by atoms with E-state index in [0.717, 1.165) is 0 Å². The normalized spacial score (nSPS) is 10.0. The minimum absolute atomic E-state index is 0.236. The van der Waals surface area contributed by atoms with E-state index in [2.05, 4.69) is 4.98 Å². The summed E-state index contributed by atoms with van der Waals surface area (Å²) < 4.78 is 18.7. The molecule has 0 unspecified atom stereocenters. The number of aromatic nitrogens is 1. The van der Waals surface area contributed by atoms with Crippen LogP contribution < -0.4 is 4.74 Å². The molecule has 0 atom stereocenters. The highest BCUT2D eigenvalue weighted by atomic mass is 19.1. The molecule has 1 aromatic heterocycles. The Hall–Kier alpha value is -2.23. The number of pyridine rings is 1. The van der Waals surface area contributed by atoms with Gasteiger partial charge in [0, 0.05) is 11.1 Å². The van der Waals surface area contributed by atoms with Gasteiger partial charge in [0.25, 0.3) is 0 Å². The van der Waals surface area contributed by atoms with Crippen molar-refractivity contribution in [3.05, 3.63) is 47.9 Å². The average Bonchev–Trinajstić information content (AvgIpc) is 2.38. The zero-order chi connectivity index (χ0) is 12.3. The first kappa shape index (κ1) is 11.3. The number of rotatable bonds is 3. The zero-order valence-corrected chi connectivity index (χ0v) is 9.18. The minimum atomic E-state index is -0.355. The molecule has 0 radical (unpaired) electrons. The number of benzene rings is 1. The Balaban J connectivity index is 2.59. The molecule has 0 N–H and O–H groups in total. The summed E-state index contributed by atoms with van der Waals surface area (Å²) in [6.07, 6.45) is 0.619. The fraction of sp³-hybridized carbons (Fsp3) is 0.0769. The second kappa shape index (κ2) is 4.74. The molecule has 0 spiro atoms. The average molecular weight is 231 g/mol. The van der Waals surface area contributed by atoms with Gasteiger partial charge in [0.15, 0.2) is 6.29 Å². The number of hydrogen-bond donors (Lipinski definition) is 0. The maximum absolute atomic E-state index is 13.6. The highest BCUT2D eigenvalue weighted by Crippen LogP contribution is 2.29. The standard InChI is InChI=1S/C13H10FNO2/c1-17-13-11(7-6-9(8-16)15-13)10-4-2-3-5-12(10)14/h2-8H,1H3. The van der Waals surface area contributed by atoms with Crippen molar-refractivity contribution in [3.8, 4) is 17.0 Å². The summed E-state index contributed by atoms with van der Waals surface area (Å²) in [5, 5.41) is 0. The van der Waals surface area contributed by atoms with Crippen molar-refractivity contribution in [2.75, 3.05) is 7.11 Å². The van der Waals surface area contributed by atoms with Gasteiger partial charge in [0.2, 0.25) is 5.88 Å². The molecule has 0 aliphatic carbocycles. The van der Waals surface area contributed by atoms with Crippen LogP contribution in [0.4, 0.5) is 4.39 Å². The number of hydrogen-bond acceptors (Lipinski definition) is 3. The fourth-order valence-corrected chi connectivity index (χ4v) is 1.56. The molecular formula is C13H10FNO2. The first-order valence-corrected chi connectivity index (χ1v) is 5.01. The van der Waals surface area contributed by atoms with Crippen molar-refractivity contribution in [1.82, 2.24) is 4.98 Å². The lowest BCUT2D eigenvalue weighted by molar-refractivity contribution is 0.111. The first-order chi connectivity index (χ1) is 8.26. The van der Waals surface area contributed by atoms with Crippen LogP contribution in [0.2, 0.25) is 0 Å². The quantitative estimate of drug-likeness (QED) is 0.762. The van der Waals surface area contributed by atoms with Crippen LogP contribution in [-0.2, 0) is 0 Å². The molecule has 3 nitrogen and oxygen atoms in total.